The second kappa shape index (κ2) is 4.57. The molecule has 0 bridgehead atoms. The fourth-order valence-electron chi connectivity index (χ4n) is 2.16. The number of fused-ring (bicyclic) bond motifs is 1. The molecule has 1 aliphatic rings. The summed E-state index contributed by atoms with van der Waals surface area (Å²) >= 11 is 0. The summed E-state index contributed by atoms with van der Waals surface area (Å²) in [6.45, 7) is 2.72. The third kappa shape index (κ3) is 1.97. The third-order valence-electron chi connectivity index (χ3n) is 3.08. The monoisotopic (exact) mass is 234 g/mol. The molecule has 0 radical (unpaired) electrons. The molecule has 0 aromatic heterocycles. The third-order valence-corrected chi connectivity index (χ3v) is 3.08. The van der Waals surface area contributed by atoms with E-state index in [1.165, 1.54) is 5.56 Å². The summed E-state index contributed by atoms with van der Waals surface area (Å²) in [6, 6.07) is 18.4. The van der Waals surface area contributed by atoms with Crippen molar-refractivity contribution in [2.24, 2.45) is 9.98 Å². The first-order valence-corrected chi connectivity index (χ1v) is 6.08. The maximum Gasteiger partial charge on any atom is 0.0862 e. The predicted octanol–water partition coefficient (Wildman–Crippen LogP) is 3.78. The van der Waals surface area contributed by atoms with Gasteiger partial charge in [0.2, 0.25) is 0 Å². The molecule has 2 aromatic carbocycles. The van der Waals surface area contributed by atoms with Crippen LogP contribution in [0, 0.1) is 0 Å². The molecule has 0 aliphatic carbocycles. The number of hydrogen-bond acceptors (Lipinski definition) is 2. The van der Waals surface area contributed by atoms with Gasteiger partial charge in [-0.05, 0) is 18.6 Å². The minimum Gasteiger partial charge on any atom is -0.278 e. The van der Waals surface area contributed by atoms with Crippen LogP contribution in [0.4, 0.5) is 5.69 Å². The number of hydrogen-bond donors (Lipinski definition) is 0. The van der Waals surface area contributed by atoms with Gasteiger partial charge in [0.05, 0.1) is 23.7 Å². The van der Waals surface area contributed by atoms with Crippen molar-refractivity contribution in [3.05, 3.63) is 65.7 Å². The fraction of sp³-hybridized carbons (Fsp3) is 0.125. The van der Waals surface area contributed by atoms with Crippen LogP contribution in [0.3, 0.4) is 0 Å². The van der Waals surface area contributed by atoms with Crippen molar-refractivity contribution in [2.75, 3.05) is 0 Å². The molecule has 0 N–H and O–H groups in total. The SMILES string of the molecule is CC1=Nc2ccccc2CN=C1c1ccccc1. The van der Waals surface area contributed by atoms with Crippen LogP contribution >= 0.6 is 0 Å². The van der Waals surface area contributed by atoms with Crippen molar-refractivity contribution in [1.82, 2.24) is 0 Å². The quantitative estimate of drug-likeness (QED) is 0.717. The lowest BCUT2D eigenvalue weighted by Gasteiger charge is -2.03. The van der Waals surface area contributed by atoms with Crippen LogP contribution in [0.1, 0.15) is 18.1 Å². The lowest BCUT2D eigenvalue weighted by atomic mass is 10.1. The van der Waals surface area contributed by atoms with Crippen LogP contribution in [-0.2, 0) is 6.54 Å². The number of para-hydroxylation sites is 1. The maximum absolute atomic E-state index is 4.70. The standard InChI is InChI=1S/C16H14N2/c1-12-16(13-7-3-2-4-8-13)17-11-14-9-5-6-10-15(14)18-12/h2-10H,11H2,1H3. The molecule has 2 aromatic rings. The molecule has 2 nitrogen and oxygen atoms in total. The highest BCUT2D eigenvalue weighted by Gasteiger charge is 2.12. The predicted molar refractivity (Wildman–Crippen MR) is 75.9 cm³/mol. The van der Waals surface area contributed by atoms with E-state index in [0.29, 0.717) is 6.54 Å². The molecule has 0 fully saturated rings. The summed E-state index contributed by atoms with van der Waals surface area (Å²) in [5, 5.41) is 0. The minimum absolute atomic E-state index is 0.696. The molecule has 0 saturated heterocycles. The van der Waals surface area contributed by atoms with Gasteiger partial charge in [0.25, 0.3) is 0 Å². The number of benzene rings is 2. The van der Waals surface area contributed by atoms with Crippen LogP contribution in [0.15, 0.2) is 64.6 Å². The van der Waals surface area contributed by atoms with E-state index < -0.39 is 0 Å². The lowest BCUT2D eigenvalue weighted by molar-refractivity contribution is 1.08. The molecule has 0 unspecified atom stereocenters. The van der Waals surface area contributed by atoms with E-state index in [1.807, 2.05) is 43.3 Å². The molecule has 0 atom stereocenters. The summed E-state index contributed by atoms with van der Waals surface area (Å²) in [4.78, 5) is 9.38. The van der Waals surface area contributed by atoms with E-state index in [9.17, 15) is 0 Å². The zero-order chi connectivity index (χ0) is 12.4. The maximum atomic E-state index is 4.70. The van der Waals surface area contributed by atoms with Crippen molar-refractivity contribution in [3.8, 4) is 0 Å². The van der Waals surface area contributed by atoms with E-state index >= 15 is 0 Å². The molecule has 18 heavy (non-hydrogen) atoms. The van der Waals surface area contributed by atoms with Gasteiger partial charge < -0.3 is 0 Å². The van der Waals surface area contributed by atoms with Crippen LogP contribution in [0.2, 0.25) is 0 Å². The molecule has 1 heterocycles. The zero-order valence-corrected chi connectivity index (χ0v) is 10.3. The van der Waals surface area contributed by atoms with Crippen LogP contribution in [0.25, 0.3) is 0 Å². The van der Waals surface area contributed by atoms with Crippen LogP contribution in [0.5, 0.6) is 0 Å². The fourth-order valence-corrected chi connectivity index (χ4v) is 2.16. The van der Waals surface area contributed by atoms with Gasteiger partial charge in [-0.1, -0.05) is 48.5 Å². The average Bonchev–Trinajstić information content (AvgIpc) is 2.58. The van der Waals surface area contributed by atoms with Gasteiger partial charge >= 0.3 is 0 Å². The number of rotatable bonds is 1. The Labute approximate surface area is 107 Å². The smallest absolute Gasteiger partial charge is 0.0862 e. The molecule has 88 valence electrons. The zero-order valence-electron chi connectivity index (χ0n) is 10.3. The van der Waals surface area contributed by atoms with Crippen molar-refractivity contribution in [3.63, 3.8) is 0 Å². The molecule has 2 heteroatoms. The first-order valence-electron chi connectivity index (χ1n) is 6.08. The average molecular weight is 234 g/mol. The van der Waals surface area contributed by atoms with Crippen LogP contribution in [-0.4, -0.2) is 11.4 Å². The largest absolute Gasteiger partial charge is 0.278 e. The highest BCUT2D eigenvalue weighted by molar-refractivity contribution is 6.48. The Balaban J connectivity index is 2.08. The second-order valence-corrected chi connectivity index (χ2v) is 4.36. The lowest BCUT2D eigenvalue weighted by Crippen LogP contribution is -2.11. The van der Waals surface area contributed by atoms with Crippen molar-refractivity contribution in [2.45, 2.75) is 13.5 Å². The number of nitrogens with zero attached hydrogens (tertiary/aromatic N) is 2. The first-order chi connectivity index (χ1) is 8.84. The minimum atomic E-state index is 0.696. The Kier molecular flexibility index (Phi) is 2.77. The van der Waals surface area contributed by atoms with Gasteiger partial charge in [0.1, 0.15) is 0 Å². The van der Waals surface area contributed by atoms with Gasteiger partial charge in [0, 0.05) is 5.56 Å². The molecular formula is C16H14N2. The second-order valence-electron chi connectivity index (χ2n) is 4.36. The van der Waals surface area contributed by atoms with Gasteiger partial charge in [-0.15, -0.1) is 0 Å². The van der Waals surface area contributed by atoms with E-state index in [2.05, 4.69) is 23.2 Å². The molecule has 0 spiro atoms. The van der Waals surface area contributed by atoms with Crippen molar-refractivity contribution >= 4 is 17.1 Å². The Bertz CT molecular complexity index is 625. The summed E-state index contributed by atoms with van der Waals surface area (Å²) in [5.74, 6) is 0. The number of aliphatic imine (C=N–C) groups is 2. The highest BCUT2D eigenvalue weighted by Crippen LogP contribution is 2.23. The van der Waals surface area contributed by atoms with E-state index in [4.69, 9.17) is 4.99 Å². The molecule has 1 aliphatic heterocycles. The van der Waals surface area contributed by atoms with Gasteiger partial charge in [-0.3, -0.25) is 9.98 Å². The normalized spacial score (nSPS) is 14.3. The summed E-state index contributed by atoms with van der Waals surface area (Å²) < 4.78 is 0. The van der Waals surface area contributed by atoms with Crippen LogP contribution < -0.4 is 0 Å². The van der Waals surface area contributed by atoms with Gasteiger partial charge in [0.15, 0.2) is 0 Å². The summed E-state index contributed by atoms with van der Waals surface area (Å²) in [5.41, 5.74) is 5.32. The molecule has 3 rings (SSSR count). The highest BCUT2D eigenvalue weighted by atomic mass is 14.8. The molecule has 0 amide bonds. The van der Waals surface area contributed by atoms with E-state index in [1.54, 1.807) is 0 Å². The Morgan fingerprint density at radius 1 is 0.889 bits per heavy atom. The van der Waals surface area contributed by atoms with Crippen molar-refractivity contribution in [1.29, 1.82) is 0 Å². The van der Waals surface area contributed by atoms with E-state index in [-0.39, 0.29) is 0 Å². The molecule has 0 saturated carbocycles. The molecular weight excluding hydrogens is 220 g/mol. The summed E-state index contributed by atoms with van der Waals surface area (Å²) in [7, 11) is 0. The van der Waals surface area contributed by atoms with Crippen molar-refractivity contribution < 1.29 is 0 Å². The van der Waals surface area contributed by atoms with E-state index in [0.717, 1.165) is 22.7 Å². The van der Waals surface area contributed by atoms with Gasteiger partial charge in [-0.2, -0.15) is 0 Å². The van der Waals surface area contributed by atoms with Gasteiger partial charge in [-0.25, -0.2) is 0 Å². The Morgan fingerprint density at radius 3 is 2.44 bits per heavy atom. The Hall–Kier alpha value is -2.22. The Morgan fingerprint density at radius 2 is 1.61 bits per heavy atom. The summed E-state index contributed by atoms with van der Waals surface area (Å²) in [6.07, 6.45) is 0. The topological polar surface area (TPSA) is 24.7 Å². The first kappa shape index (κ1) is 10.9.